The molecule has 0 atom stereocenters. The Morgan fingerprint density at radius 3 is 2.36 bits per heavy atom. The lowest BCUT2D eigenvalue weighted by Crippen LogP contribution is -2.30. The highest BCUT2D eigenvalue weighted by atomic mass is 35.5. The van der Waals surface area contributed by atoms with Crippen LogP contribution >= 0.6 is 34.7 Å². The zero-order valence-electron chi connectivity index (χ0n) is 24.0. The number of nitrogens with zero attached hydrogens (tertiary/aromatic N) is 1. The Balaban J connectivity index is 1.19. The van der Waals surface area contributed by atoms with Gasteiger partial charge in [-0.1, -0.05) is 60.1 Å². The molecule has 1 heterocycles. The van der Waals surface area contributed by atoms with Crippen molar-refractivity contribution < 1.29 is 19.1 Å². The van der Waals surface area contributed by atoms with Crippen LogP contribution in [0.25, 0.3) is 17.3 Å². The fraction of sp³-hybridized carbons (Fsp3) is 0.0588. The fourth-order valence-corrected chi connectivity index (χ4v) is 5.75. The summed E-state index contributed by atoms with van der Waals surface area (Å²) in [7, 11) is 1.61. The van der Waals surface area contributed by atoms with E-state index in [0.29, 0.717) is 32.7 Å². The molecule has 0 radical (unpaired) electrons. The van der Waals surface area contributed by atoms with Crippen molar-refractivity contribution in [3.8, 4) is 17.0 Å². The van der Waals surface area contributed by atoms with Crippen molar-refractivity contribution in [3.63, 3.8) is 0 Å². The first kappa shape index (κ1) is 31.5. The van der Waals surface area contributed by atoms with E-state index in [1.54, 1.807) is 86.0 Å². The van der Waals surface area contributed by atoms with Gasteiger partial charge >= 0.3 is 0 Å². The lowest BCUT2D eigenvalue weighted by Gasteiger charge is -2.12. The second-order valence-corrected chi connectivity index (χ2v) is 11.8. The predicted molar refractivity (Wildman–Crippen MR) is 182 cm³/mol. The van der Waals surface area contributed by atoms with Crippen LogP contribution in [0.4, 0.5) is 10.8 Å². The van der Waals surface area contributed by atoms with Crippen LogP contribution < -0.4 is 20.7 Å². The highest BCUT2D eigenvalue weighted by molar-refractivity contribution is 8.00. The number of thioether (sulfide) groups is 1. The number of ether oxygens (including phenoxy) is 1. The van der Waals surface area contributed by atoms with Crippen molar-refractivity contribution in [1.29, 1.82) is 0 Å². The maximum absolute atomic E-state index is 13.3. The summed E-state index contributed by atoms with van der Waals surface area (Å²) in [6, 6.07) is 30.3. The number of rotatable bonds is 11. The first-order valence-corrected chi connectivity index (χ1v) is 15.9. The number of benzene rings is 4. The molecule has 0 spiro atoms. The van der Waals surface area contributed by atoms with E-state index in [4.69, 9.17) is 16.3 Å². The van der Waals surface area contributed by atoms with Crippen molar-refractivity contribution in [3.05, 3.63) is 130 Å². The van der Waals surface area contributed by atoms with Crippen LogP contribution in [0.5, 0.6) is 5.75 Å². The standard InChI is InChI=1S/C34H27ClN4O4S2/c1-43-30-14-8-6-12-26(30)29-20-45-34(38-29)39-31(40)21-44-25-17-15-24(16-18-25)36-33(42)28(19-23-11-5-7-13-27(23)35)37-32(41)22-9-3-2-4-10-22/h2-20H,21H2,1H3,(H,36,42)(H,37,41)(H,38,39,40)/b28-19-. The average Bonchev–Trinajstić information content (AvgIpc) is 3.53. The van der Waals surface area contributed by atoms with Crippen LogP contribution in [-0.4, -0.2) is 35.6 Å². The molecule has 0 saturated carbocycles. The number of thiazole rings is 1. The molecule has 11 heteroatoms. The largest absolute Gasteiger partial charge is 0.496 e. The number of amides is 3. The van der Waals surface area contributed by atoms with Crippen LogP contribution in [0.1, 0.15) is 15.9 Å². The van der Waals surface area contributed by atoms with Crippen molar-refractivity contribution in [2.75, 3.05) is 23.5 Å². The van der Waals surface area contributed by atoms with Gasteiger partial charge in [-0.25, -0.2) is 4.98 Å². The third-order valence-corrected chi connectivity index (χ3v) is 8.46. The Morgan fingerprint density at radius 2 is 1.60 bits per heavy atom. The molecule has 0 unspecified atom stereocenters. The molecule has 45 heavy (non-hydrogen) atoms. The van der Waals surface area contributed by atoms with Crippen molar-refractivity contribution in [2.24, 2.45) is 0 Å². The molecule has 226 valence electrons. The zero-order valence-corrected chi connectivity index (χ0v) is 26.3. The number of halogens is 1. The van der Waals surface area contributed by atoms with Crippen LogP contribution in [0.15, 0.2) is 119 Å². The lowest BCUT2D eigenvalue weighted by molar-refractivity contribution is -0.114. The Labute approximate surface area is 273 Å². The van der Waals surface area contributed by atoms with Gasteiger partial charge in [0.1, 0.15) is 11.4 Å². The van der Waals surface area contributed by atoms with E-state index in [1.165, 1.54) is 29.2 Å². The van der Waals surface area contributed by atoms with Gasteiger partial charge in [0.2, 0.25) is 5.91 Å². The molecular weight excluding hydrogens is 628 g/mol. The summed E-state index contributed by atoms with van der Waals surface area (Å²) >= 11 is 9.00. The number of hydrogen-bond donors (Lipinski definition) is 3. The second kappa shape index (κ2) is 15.2. The van der Waals surface area contributed by atoms with E-state index in [-0.39, 0.29) is 17.4 Å². The van der Waals surface area contributed by atoms with Crippen molar-refractivity contribution in [2.45, 2.75) is 4.90 Å². The summed E-state index contributed by atoms with van der Waals surface area (Å²) in [6.07, 6.45) is 1.53. The number of hydrogen-bond acceptors (Lipinski definition) is 7. The third kappa shape index (κ3) is 8.60. The lowest BCUT2D eigenvalue weighted by atomic mass is 10.1. The fourth-order valence-electron chi connectivity index (χ4n) is 4.14. The second-order valence-electron chi connectivity index (χ2n) is 9.45. The van der Waals surface area contributed by atoms with Gasteiger partial charge in [0.15, 0.2) is 5.13 Å². The molecule has 5 aromatic rings. The molecule has 3 amide bonds. The monoisotopic (exact) mass is 654 g/mol. The van der Waals surface area contributed by atoms with Crippen molar-refractivity contribution >= 4 is 69.3 Å². The van der Waals surface area contributed by atoms with Gasteiger partial charge < -0.3 is 20.7 Å². The molecule has 5 rings (SSSR count). The van der Waals surface area contributed by atoms with E-state index < -0.39 is 11.8 Å². The normalized spacial score (nSPS) is 11.0. The van der Waals surface area contributed by atoms with Gasteiger partial charge in [-0.2, -0.15) is 0 Å². The van der Waals surface area contributed by atoms with Crippen molar-refractivity contribution in [1.82, 2.24) is 10.3 Å². The SMILES string of the molecule is COc1ccccc1-c1csc(NC(=O)CSc2ccc(NC(=O)/C(=C/c3ccccc3Cl)NC(=O)c3ccccc3)cc2)n1. The van der Waals surface area contributed by atoms with E-state index >= 15 is 0 Å². The summed E-state index contributed by atoms with van der Waals surface area (Å²) in [5.74, 6) is -0.258. The third-order valence-electron chi connectivity index (χ3n) is 6.35. The summed E-state index contributed by atoms with van der Waals surface area (Å²) in [6.45, 7) is 0. The number of carbonyl (C=O) groups excluding carboxylic acids is 3. The molecular formula is C34H27ClN4O4S2. The molecule has 4 aromatic carbocycles. The average molecular weight is 655 g/mol. The van der Waals surface area contributed by atoms with Crippen LogP contribution in [0.2, 0.25) is 5.02 Å². The van der Waals surface area contributed by atoms with Gasteiger partial charge in [0, 0.05) is 32.1 Å². The van der Waals surface area contributed by atoms with Gasteiger partial charge in [-0.05, 0) is 66.2 Å². The molecule has 0 aliphatic carbocycles. The first-order chi connectivity index (χ1) is 21.9. The minimum absolute atomic E-state index is 0.0307. The maximum atomic E-state index is 13.3. The molecule has 0 fully saturated rings. The maximum Gasteiger partial charge on any atom is 0.272 e. The number of anilines is 2. The highest BCUT2D eigenvalue weighted by Gasteiger charge is 2.16. The van der Waals surface area contributed by atoms with E-state index in [0.717, 1.165) is 16.2 Å². The molecule has 1 aromatic heterocycles. The van der Waals surface area contributed by atoms with Gasteiger partial charge in [-0.3, -0.25) is 14.4 Å². The predicted octanol–water partition coefficient (Wildman–Crippen LogP) is 7.61. The highest BCUT2D eigenvalue weighted by Crippen LogP contribution is 2.32. The van der Waals surface area contributed by atoms with Gasteiger partial charge in [-0.15, -0.1) is 23.1 Å². The molecule has 0 aliphatic heterocycles. The smallest absolute Gasteiger partial charge is 0.272 e. The van der Waals surface area contributed by atoms with E-state index in [2.05, 4.69) is 20.9 Å². The number of carbonyl (C=O) groups is 3. The zero-order chi connectivity index (χ0) is 31.6. The number of aromatic nitrogens is 1. The Morgan fingerprint density at radius 1 is 0.889 bits per heavy atom. The minimum Gasteiger partial charge on any atom is -0.496 e. The quantitative estimate of drug-likeness (QED) is 0.0999. The first-order valence-electron chi connectivity index (χ1n) is 13.6. The Hall–Kier alpha value is -4.90. The topological polar surface area (TPSA) is 109 Å². The summed E-state index contributed by atoms with van der Waals surface area (Å²) in [5, 5.41) is 11.2. The van der Waals surface area contributed by atoms with E-state index in [1.807, 2.05) is 29.6 Å². The van der Waals surface area contributed by atoms with Gasteiger partial charge in [0.05, 0.1) is 18.6 Å². The number of methoxy groups -OCH3 is 1. The molecule has 3 N–H and O–H groups in total. The number of para-hydroxylation sites is 1. The van der Waals surface area contributed by atoms with Crippen LogP contribution in [0, 0.1) is 0 Å². The Kier molecular flexibility index (Phi) is 10.7. The summed E-state index contributed by atoms with van der Waals surface area (Å²) < 4.78 is 5.41. The van der Waals surface area contributed by atoms with Crippen LogP contribution in [-0.2, 0) is 9.59 Å². The Bertz CT molecular complexity index is 1840. The summed E-state index contributed by atoms with van der Waals surface area (Å²) in [4.78, 5) is 44.1. The van der Waals surface area contributed by atoms with Gasteiger partial charge in [0.25, 0.3) is 11.8 Å². The minimum atomic E-state index is -0.519. The van der Waals surface area contributed by atoms with E-state index in [9.17, 15) is 14.4 Å². The number of nitrogens with one attached hydrogen (secondary N) is 3. The summed E-state index contributed by atoms with van der Waals surface area (Å²) in [5.41, 5.74) is 3.11. The van der Waals surface area contributed by atoms with Crippen LogP contribution in [0.3, 0.4) is 0 Å². The molecule has 0 saturated heterocycles. The molecule has 8 nitrogen and oxygen atoms in total. The molecule has 0 aliphatic rings. The molecule has 0 bridgehead atoms.